The van der Waals surface area contributed by atoms with E-state index in [1.165, 1.54) is 5.56 Å². The van der Waals surface area contributed by atoms with Gasteiger partial charge >= 0.3 is 6.03 Å². The largest absolute Gasteiger partial charge is 0.388 e. The molecule has 3 fully saturated rings. The van der Waals surface area contributed by atoms with Crippen LogP contribution in [0.1, 0.15) is 56.9 Å². The zero-order valence-electron chi connectivity index (χ0n) is 22.0. The van der Waals surface area contributed by atoms with Crippen LogP contribution in [0, 0.1) is 0 Å². The van der Waals surface area contributed by atoms with Crippen LogP contribution < -0.4 is 5.32 Å². The first kappa shape index (κ1) is 25.7. The lowest BCUT2D eigenvalue weighted by molar-refractivity contribution is -0.116. The fourth-order valence-electron chi connectivity index (χ4n) is 6.53. The van der Waals surface area contributed by atoms with Gasteiger partial charge in [0.2, 0.25) is 5.91 Å². The zero-order valence-corrected chi connectivity index (χ0v) is 22.0. The number of urea groups is 1. The second-order valence-electron chi connectivity index (χ2n) is 11.4. The summed E-state index contributed by atoms with van der Waals surface area (Å²) in [4.78, 5) is 36.5. The number of β-amino-alcohol motifs (C(OH)–C–C–N with tert-alkyl or cyclic N) is 1. The molecule has 3 aliphatic rings. The molecular weight excluding hydrogens is 466 g/mol. The van der Waals surface area contributed by atoms with E-state index in [1.54, 1.807) is 24.5 Å². The Balaban J connectivity index is 1.32. The topological polar surface area (TPSA) is 89.0 Å². The highest BCUT2D eigenvalue weighted by atomic mass is 16.3. The summed E-state index contributed by atoms with van der Waals surface area (Å²) in [6.45, 7) is 1.34. The predicted octanol–water partition coefficient (Wildman–Crippen LogP) is 3.83. The third-order valence-corrected chi connectivity index (χ3v) is 9.03. The molecule has 2 aromatic rings. The van der Waals surface area contributed by atoms with Crippen molar-refractivity contribution < 1.29 is 14.7 Å². The van der Waals surface area contributed by atoms with Crippen molar-refractivity contribution in [3.8, 4) is 0 Å². The van der Waals surface area contributed by atoms with Crippen molar-refractivity contribution in [1.29, 1.82) is 0 Å². The van der Waals surface area contributed by atoms with Crippen molar-refractivity contribution in [1.82, 2.24) is 19.7 Å². The quantitative estimate of drug-likeness (QED) is 0.569. The number of aromatic nitrogens is 1. The molecule has 1 aromatic carbocycles. The van der Waals surface area contributed by atoms with Gasteiger partial charge in [-0.05, 0) is 76.7 Å². The summed E-state index contributed by atoms with van der Waals surface area (Å²) in [5.74, 6) is -0.134. The number of rotatable bonds is 8. The maximum atomic E-state index is 13.7. The number of hydrogen-bond acceptors (Lipinski definition) is 5. The van der Waals surface area contributed by atoms with Gasteiger partial charge in [0.05, 0.1) is 29.6 Å². The number of pyridine rings is 1. The maximum absolute atomic E-state index is 13.7. The molecule has 2 heterocycles. The molecule has 5 rings (SSSR count). The van der Waals surface area contributed by atoms with Crippen LogP contribution in [0.25, 0.3) is 0 Å². The molecule has 37 heavy (non-hydrogen) atoms. The van der Waals surface area contributed by atoms with Crippen LogP contribution in [0.2, 0.25) is 0 Å². The van der Waals surface area contributed by atoms with Crippen LogP contribution in [0.3, 0.4) is 0 Å². The monoisotopic (exact) mass is 505 g/mol. The molecule has 2 aliphatic carbocycles. The number of nitrogens with one attached hydrogen (secondary N) is 1. The van der Waals surface area contributed by atoms with Crippen molar-refractivity contribution in [2.45, 2.75) is 68.0 Å². The van der Waals surface area contributed by atoms with E-state index in [0.29, 0.717) is 25.3 Å². The second kappa shape index (κ2) is 10.1. The highest BCUT2D eigenvalue weighted by Gasteiger charge is 2.56. The number of amides is 3. The van der Waals surface area contributed by atoms with E-state index in [4.69, 9.17) is 0 Å². The van der Waals surface area contributed by atoms with E-state index in [0.717, 1.165) is 44.9 Å². The molecule has 8 heteroatoms. The lowest BCUT2D eigenvalue weighted by Crippen LogP contribution is -2.59. The molecule has 8 nitrogen and oxygen atoms in total. The Labute approximate surface area is 219 Å². The standard InChI is InChI=1S/C29H39N5O3/c1-32(2)29(23-8-4-3-5-9-23)16-14-27(15-17-29)21-33(26(36)34(27)22-28(37)12-7-13-28)19-11-25(35)31-24-10-6-18-30-20-24/h3-6,8-10,18,20,37H,7,11-17,19,21-22H2,1-2H3,(H,31,35)/t27-,29-. The molecule has 2 saturated carbocycles. The summed E-state index contributed by atoms with van der Waals surface area (Å²) in [5.41, 5.74) is 0.777. The first-order valence-corrected chi connectivity index (χ1v) is 13.5. The summed E-state index contributed by atoms with van der Waals surface area (Å²) in [6, 6.07) is 14.2. The molecule has 1 saturated heterocycles. The second-order valence-corrected chi connectivity index (χ2v) is 11.4. The minimum Gasteiger partial charge on any atom is -0.388 e. The molecule has 1 aliphatic heterocycles. The van der Waals surface area contributed by atoms with Gasteiger partial charge in [-0.2, -0.15) is 0 Å². The van der Waals surface area contributed by atoms with Crippen LogP contribution in [-0.4, -0.2) is 81.6 Å². The Morgan fingerprint density at radius 2 is 1.78 bits per heavy atom. The molecule has 0 bridgehead atoms. The Hall–Kier alpha value is -2.97. The van der Waals surface area contributed by atoms with Gasteiger partial charge in [-0.15, -0.1) is 0 Å². The Morgan fingerprint density at radius 1 is 1.05 bits per heavy atom. The van der Waals surface area contributed by atoms with Crippen LogP contribution in [0.4, 0.5) is 10.5 Å². The lowest BCUT2D eigenvalue weighted by atomic mass is 9.67. The molecule has 0 atom stereocenters. The number of nitrogens with zero attached hydrogens (tertiary/aromatic N) is 4. The number of anilines is 1. The molecule has 198 valence electrons. The Morgan fingerprint density at radius 3 is 2.38 bits per heavy atom. The van der Waals surface area contributed by atoms with E-state index < -0.39 is 5.60 Å². The molecule has 0 unspecified atom stereocenters. The smallest absolute Gasteiger partial charge is 0.320 e. The molecule has 1 spiro atoms. The van der Waals surface area contributed by atoms with Gasteiger partial charge in [0.1, 0.15) is 0 Å². The molecule has 0 radical (unpaired) electrons. The van der Waals surface area contributed by atoms with E-state index >= 15 is 0 Å². The number of carbonyl (C=O) groups is 2. The van der Waals surface area contributed by atoms with Gasteiger partial charge in [-0.25, -0.2) is 4.79 Å². The summed E-state index contributed by atoms with van der Waals surface area (Å²) in [6.07, 6.45) is 9.57. The number of aliphatic hydroxyl groups is 1. The Bertz CT molecular complexity index is 1100. The van der Waals surface area contributed by atoms with E-state index in [2.05, 4.69) is 59.6 Å². The number of hydrogen-bond donors (Lipinski definition) is 2. The van der Waals surface area contributed by atoms with Crippen molar-refractivity contribution in [3.63, 3.8) is 0 Å². The average Bonchev–Trinajstić information content (AvgIpc) is 3.13. The summed E-state index contributed by atoms with van der Waals surface area (Å²) in [7, 11) is 4.29. The predicted molar refractivity (Wildman–Crippen MR) is 143 cm³/mol. The van der Waals surface area contributed by atoms with E-state index in [-0.39, 0.29) is 29.4 Å². The number of benzene rings is 1. The van der Waals surface area contributed by atoms with Crippen molar-refractivity contribution >= 4 is 17.6 Å². The van der Waals surface area contributed by atoms with Gasteiger partial charge in [0, 0.05) is 31.2 Å². The third-order valence-electron chi connectivity index (χ3n) is 9.03. The van der Waals surface area contributed by atoms with Gasteiger partial charge in [-0.1, -0.05) is 30.3 Å². The van der Waals surface area contributed by atoms with E-state index in [9.17, 15) is 14.7 Å². The van der Waals surface area contributed by atoms with Gasteiger partial charge < -0.3 is 20.2 Å². The van der Waals surface area contributed by atoms with Crippen molar-refractivity contribution in [3.05, 3.63) is 60.4 Å². The summed E-state index contributed by atoms with van der Waals surface area (Å²) in [5, 5.41) is 13.9. The van der Waals surface area contributed by atoms with Crippen molar-refractivity contribution in [2.24, 2.45) is 0 Å². The molecular formula is C29H39N5O3. The summed E-state index contributed by atoms with van der Waals surface area (Å²) >= 11 is 0. The van der Waals surface area contributed by atoms with Crippen molar-refractivity contribution in [2.75, 3.05) is 39.0 Å². The van der Waals surface area contributed by atoms with Crippen LogP contribution >= 0.6 is 0 Å². The normalized spacial score (nSPS) is 27.0. The maximum Gasteiger partial charge on any atom is 0.320 e. The lowest BCUT2D eigenvalue weighted by Gasteiger charge is -2.52. The highest BCUT2D eigenvalue weighted by molar-refractivity contribution is 5.91. The molecule has 3 amide bonds. The molecule has 2 N–H and O–H groups in total. The SMILES string of the molecule is CN(C)[C@]1(c2ccccc2)CC[C@@]2(CC1)CN(CCC(=O)Nc1cccnc1)C(=O)N2CC1(O)CCC1. The fraction of sp³-hybridized carbons (Fsp3) is 0.552. The number of carbonyl (C=O) groups excluding carboxylic acids is 2. The van der Waals surface area contributed by atoms with Crippen LogP contribution in [-0.2, 0) is 10.3 Å². The first-order valence-electron chi connectivity index (χ1n) is 13.5. The Kier molecular flexibility index (Phi) is 6.98. The average molecular weight is 506 g/mol. The van der Waals surface area contributed by atoms with Gasteiger partial charge in [-0.3, -0.25) is 14.7 Å². The van der Waals surface area contributed by atoms with E-state index in [1.807, 2.05) is 9.80 Å². The highest BCUT2D eigenvalue weighted by Crippen LogP contribution is 2.50. The zero-order chi connectivity index (χ0) is 26.1. The fourth-order valence-corrected chi connectivity index (χ4v) is 6.53. The van der Waals surface area contributed by atoms with Gasteiger partial charge in [0.15, 0.2) is 0 Å². The minimum atomic E-state index is -0.786. The molecule has 1 aromatic heterocycles. The third kappa shape index (κ3) is 4.97. The van der Waals surface area contributed by atoms with Gasteiger partial charge in [0.25, 0.3) is 0 Å². The minimum absolute atomic E-state index is 0.0495. The van der Waals surface area contributed by atoms with Crippen LogP contribution in [0.15, 0.2) is 54.9 Å². The van der Waals surface area contributed by atoms with Crippen LogP contribution in [0.5, 0.6) is 0 Å². The first-order chi connectivity index (χ1) is 17.8. The summed E-state index contributed by atoms with van der Waals surface area (Å²) < 4.78 is 0.